The third-order valence-electron chi connectivity index (χ3n) is 5.06. The first-order chi connectivity index (χ1) is 15.0. The lowest BCUT2D eigenvalue weighted by Gasteiger charge is -2.11. The van der Waals surface area contributed by atoms with Gasteiger partial charge in [-0.05, 0) is 36.8 Å². The van der Waals surface area contributed by atoms with Gasteiger partial charge in [0.1, 0.15) is 18.1 Å². The van der Waals surface area contributed by atoms with Crippen LogP contribution in [0.3, 0.4) is 0 Å². The highest BCUT2D eigenvalue weighted by molar-refractivity contribution is 6.09. The molecule has 0 radical (unpaired) electrons. The van der Waals surface area contributed by atoms with Crippen LogP contribution in [0.4, 0.5) is 4.39 Å². The van der Waals surface area contributed by atoms with Gasteiger partial charge in [-0.1, -0.05) is 6.92 Å². The van der Waals surface area contributed by atoms with E-state index >= 15 is 0 Å². The Balaban J connectivity index is 1.96. The second-order valence-electron chi connectivity index (χ2n) is 7.11. The smallest absolute Gasteiger partial charge is 0.241 e. The predicted molar refractivity (Wildman–Crippen MR) is 117 cm³/mol. The van der Waals surface area contributed by atoms with Crippen LogP contribution < -0.4 is 14.8 Å². The second kappa shape index (κ2) is 8.59. The molecule has 0 aliphatic carbocycles. The molecule has 0 fully saturated rings. The lowest BCUT2D eigenvalue weighted by atomic mass is 10.1. The van der Waals surface area contributed by atoms with Crippen LogP contribution in [-0.4, -0.2) is 41.4 Å². The molecule has 0 aliphatic heterocycles. The molecule has 1 N–H and O–H groups in total. The maximum Gasteiger partial charge on any atom is 0.241 e. The highest BCUT2D eigenvalue weighted by Crippen LogP contribution is 2.37. The molecule has 31 heavy (non-hydrogen) atoms. The fraction of sp³-hybridized carbons (Fsp3) is 0.261. The van der Waals surface area contributed by atoms with Crippen molar-refractivity contribution in [3.63, 3.8) is 0 Å². The Morgan fingerprint density at radius 2 is 1.81 bits per heavy atom. The van der Waals surface area contributed by atoms with Crippen LogP contribution in [0, 0.1) is 5.82 Å². The van der Waals surface area contributed by atoms with Crippen LogP contribution in [0.15, 0.2) is 42.6 Å². The summed E-state index contributed by atoms with van der Waals surface area (Å²) < 4.78 is 26.0. The van der Waals surface area contributed by atoms with E-state index < -0.39 is 0 Å². The number of rotatable bonds is 7. The number of carbonyl (C=O) groups is 1. The summed E-state index contributed by atoms with van der Waals surface area (Å²) in [5, 5.41) is 9.12. The largest absolute Gasteiger partial charge is 0.493 e. The van der Waals surface area contributed by atoms with Gasteiger partial charge >= 0.3 is 0 Å². The second-order valence-corrected chi connectivity index (χ2v) is 7.11. The molecule has 2 heterocycles. The molecule has 2 aromatic heterocycles. The number of nitrogens with zero attached hydrogens (tertiary/aromatic N) is 3. The number of nitrogens with one attached hydrogen (secondary N) is 1. The summed E-state index contributed by atoms with van der Waals surface area (Å²) in [7, 11) is 3.13. The fourth-order valence-electron chi connectivity index (χ4n) is 3.57. The zero-order valence-corrected chi connectivity index (χ0v) is 17.6. The van der Waals surface area contributed by atoms with Crippen LogP contribution in [0.1, 0.15) is 13.3 Å². The van der Waals surface area contributed by atoms with E-state index in [0.29, 0.717) is 29.3 Å². The lowest BCUT2D eigenvalue weighted by Crippen LogP contribution is -2.28. The summed E-state index contributed by atoms with van der Waals surface area (Å²) in [6, 6.07) is 9.72. The van der Waals surface area contributed by atoms with E-state index in [2.05, 4.69) is 10.3 Å². The van der Waals surface area contributed by atoms with E-state index in [1.807, 2.05) is 13.0 Å². The fourth-order valence-corrected chi connectivity index (χ4v) is 3.57. The molecule has 0 saturated heterocycles. The van der Waals surface area contributed by atoms with Crippen LogP contribution in [0.5, 0.6) is 11.5 Å². The van der Waals surface area contributed by atoms with Gasteiger partial charge in [-0.3, -0.25) is 14.5 Å². The van der Waals surface area contributed by atoms with Gasteiger partial charge in [0.15, 0.2) is 11.5 Å². The quantitative estimate of drug-likeness (QED) is 0.488. The number of carbonyl (C=O) groups excluding carboxylic acids is 1. The molecule has 0 unspecified atom stereocenters. The maximum atomic E-state index is 13.5. The summed E-state index contributed by atoms with van der Waals surface area (Å²) in [4.78, 5) is 17.1. The molecule has 160 valence electrons. The van der Waals surface area contributed by atoms with Crippen LogP contribution in [0.2, 0.25) is 0 Å². The number of ether oxygens (including phenoxy) is 2. The predicted octanol–water partition coefficient (Wildman–Crippen LogP) is 3.93. The lowest BCUT2D eigenvalue weighted by molar-refractivity contribution is -0.121. The summed E-state index contributed by atoms with van der Waals surface area (Å²) in [5.41, 5.74) is 2.80. The monoisotopic (exact) mass is 422 g/mol. The molecular weight excluding hydrogens is 399 g/mol. The molecule has 4 aromatic rings. The molecule has 7 nitrogen and oxygen atoms in total. The molecule has 0 saturated carbocycles. The summed E-state index contributed by atoms with van der Waals surface area (Å²) in [5.74, 6) is 0.650. The molecule has 8 heteroatoms. The number of hydrogen-bond donors (Lipinski definition) is 1. The highest BCUT2D eigenvalue weighted by atomic mass is 19.1. The Kier molecular flexibility index (Phi) is 5.70. The maximum absolute atomic E-state index is 13.5. The van der Waals surface area contributed by atoms with Crippen molar-refractivity contribution in [1.29, 1.82) is 0 Å². The standard InChI is InChI=1S/C23H23FN4O3/c1-4-9-25-21(29)13-28-23-16-10-19(30-2)20(31-3)11-18(16)26-12-17(23)22(27-28)14-5-7-15(24)8-6-14/h5-8,10-12H,4,9,13H2,1-3H3,(H,25,29). The molecule has 0 aliphatic rings. The molecule has 0 spiro atoms. The first-order valence-electron chi connectivity index (χ1n) is 9.99. The zero-order chi connectivity index (χ0) is 22.0. The Morgan fingerprint density at radius 1 is 1.10 bits per heavy atom. The third kappa shape index (κ3) is 3.88. The number of methoxy groups -OCH3 is 2. The van der Waals surface area contributed by atoms with Crippen LogP contribution in [-0.2, 0) is 11.3 Å². The molecule has 4 rings (SSSR count). The van der Waals surface area contributed by atoms with Crippen molar-refractivity contribution in [2.75, 3.05) is 20.8 Å². The highest BCUT2D eigenvalue weighted by Gasteiger charge is 2.19. The zero-order valence-electron chi connectivity index (χ0n) is 17.6. The van der Waals surface area contributed by atoms with Gasteiger partial charge in [-0.25, -0.2) is 4.39 Å². The molecular formula is C23H23FN4O3. The van der Waals surface area contributed by atoms with Gasteiger partial charge in [-0.15, -0.1) is 0 Å². The minimum absolute atomic E-state index is 0.0468. The van der Waals surface area contributed by atoms with Gasteiger partial charge in [0.25, 0.3) is 0 Å². The topological polar surface area (TPSA) is 78.3 Å². The van der Waals surface area contributed by atoms with E-state index in [1.54, 1.807) is 43.3 Å². The third-order valence-corrected chi connectivity index (χ3v) is 5.06. The number of halogens is 1. The average molecular weight is 422 g/mol. The van der Waals surface area contributed by atoms with Crippen LogP contribution >= 0.6 is 0 Å². The van der Waals surface area contributed by atoms with E-state index in [-0.39, 0.29) is 18.3 Å². The summed E-state index contributed by atoms with van der Waals surface area (Å²) >= 11 is 0. The number of benzene rings is 2. The van der Waals surface area contributed by atoms with Crippen molar-refractivity contribution in [3.8, 4) is 22.8 Å². The van der Waals surface area contributed by atoms with Crippen molar-refractivity contribution in [1.82, 2.24) is 20.1 Å². The summed E-state index contributed by atoms with van der Waals surface area (Å²) in [6.45, 7) is 2.64. The van der Waals surface area contributed by atoms with Crippen molar-refractivity contribution >= 4 is 27.7 Å². The molecule has 0 bridgehead atoms. The van der Waals surface area contributed by atoms with Crippen molar-refractivity contribution in [2.24, 2.45) is 0 Å². The van der Waals surface area contributed by atoms with Gasteiger partial charge in [0.2, 0.25) is 5.91 Å². The number of amides is 1. The molecule has 1 amide bonds. The van der Waals surface area contributed by atoms with E-state index in [1.165, 1.54) is 12.1 Å². The first kappa shape index (κ1) is 20.6. The Labute approximate surface area is 178 Å². The van der Waals surface area contributed by atoms with E-state index in [9.17, 15) is 9.18 Å². The minimum atomic E-state index is -0.327. The van der Waals surface area contributed by atoms with Crippen molar-refractivity contribution in [2.45, 2.75) is 19.9 Å². The Bertz CT molecular complexity index is 1250. The first-order valence-corrected chi connectivity index (χ1v) is 9.99. The van der Waals surface area contributed by atoms with Gasteiger partial charge in [-0.2, -0.15) is 5.10 Å². The number of aromatic nitrogens is 3. The summed E-state index contributed by atoms with van der Waals surface area (Å²) in [6.07, 6.45) is 2.56. The van der Waals surface area contributed by atoms with E-state index in [4.69, 9.17) is 14.6 Å². The van der Waals surface area contributed by atoms with E-state index in [0.717, 1.165) is 28.3 Å². The Hall–Kier alpha value is -3.68. The normalized spacial score (nSPS) is 11.1. The van der Waals surface area contributed by atoms with Crippen molar-refractivity contribution < 1.29 is 18.7 Å². The Morgan fingerprint density at radius 3 is 2.48 bits per heavy atom. The van der Waals surface area contributed by atoms with Crippen molar-refractivity contribution in [3.05, 3.63) is 48.4 Å². The minimum Gasteiger partial charge on any atom is -0.493 e. The van der Waals surface area contributed by atoms with Gasteiger partial charge in [0.05, 0.1) is 25.3 Å². The average Bonchev–Trinajstić information content (AvgIpc) is 3.15. The number of hydrogen-bond acceptors (Lipinski definition) is 5. The molecule has 2 aromatic carbocycles. The van der Waals surface area contributed by atoms with Gasteiger partial charge in [0, 0.05) is 35.1 Å². The SMILES string of the molecule is CCCNC(=O)Cn1nc(-c2ccc(F)cc2)c2cnc3cc(OC)c(OC)cc3c21. The number of fused-ring (bicyclic) bond motifs is 3. The molecule has 0 atom stereocenters. The van der Waals surface area contributed by atoms with Crippen LogP contribution in [0.25, 0.3) is 33.1 Å². The number of pyridine rings is 1. The van der Waals surface area contributed by atoms with Gasteiger partial charge < -0.3 is 14.8 Å².